The number of amides is 1. The number of benzene rings is 2. The van der Waals surface area contributed by atoms with Gasteiger partial charge in [-0.05, 0) is 35.7 Å². The van der Waals surface area contributed by atoms with Crippen molar-refractivity contribution in [1.29, 1.82) is 0 Å². The molecule has 0 atom stereocenters. The van der Waals surface area contributed by atoms with Crippen molar-refractivity contribution in [3.8, 4) is 5.75 Å². The van der Waals surface area contributed by atoms with Gasteiger partial charge in [0.2, 0.25) is 0 Å². The first-order chi connectivity index (χ1) is 14.3. The Labute approximate surface area is 175 Å². The Morgan fingerprint density at radius 3 is 2.40 bits per heavy atom. The van der Waals surface area contributed by atoms with Crippen molar-refractivity contribution in [2.75, 3.05) is 32.7 Å². The fourth-order valence-corrected chi connectivity index (χ4v) is 3.49. The van der Waals surface area contributed by atoms with Crippen molar-refractivity contribution in [2.24, 2.45) is 5.92 Å². The van der Waals surface area contributed by atoms with Gasteiger partial charge in [-0.25, -0.2) is 4.39 Å². The smallest absolute Gasteiger partial charge is 0.311 e. The van der Waals surface area contributed by atoms with Gasteiger partial charge >= 0.3 is 5.69 Å². The van der Waals surface area contributed by atoms with Gasteiger partial charge in [0, 0.05) is 44.4 Å². The molecule has 30 heavy (non-hydrogen) atoms. The number of nitro benzene ring substituents is 1. The van der Waals surface area contributed by atoms with E-state index in [-0.39, 0.29) is 35.3 Å². The lowest BCUT2D eigenvalue weighted by Gasteiger charge is -2.35. The molecule has 0 unspecified atom stereocenters. The number of ether oxygens (including phenoxy) is 1. The highest BCUT2D eigenvalue weighted by atomic mass is 19.1. The van der Waals surface area contributed by atoms with Crippen LogP contribution in [-0.2, 0) is 6.61 Å². The van der Waals surface area contributed by atoms with Crippen LogP contribution in [0.3, 0.4) is 0 Å². The molecule has 1 fully saturated rings. The van der Waals surface area contributed by atoms with Crippen LogP contribution in [0.25, 0.3) is 0 Å². The van der Waals surface area contributed by atoms with Crippen LogP contribution in [0.5, 0.6) is 5.75 Å². The minimum Gasteiger partial charge on any atom is -0.482 e. The predicted molar refractivity (Wildman–Crippen MR) is 111 cm³/mol. The number of hydrogen-bond acceptors (Lipinski definition) is 5. The van der Waals surface area contributed by atoms with E-state index in [9.17, 15) is 19.3 Å². The van der Waals surface area contributed by atoms with E-state index in [1.165, 1.54) is 24.3 Å². The SMILES string of the molecule is CC(C)CN1CCN(C(=O)c2ccc(OCc3ccc(F)cc3)c([N+](=O)[O-])c2)CC1. The molecule has 1 saturated heterocycles. The minimum absolute atomic E-state index is 0.0617. The maximum atomic E-state index is 13.0. The zero-order valence-corrected chi connectivity index (χ0v) is 17.2. The summed E-state index contributed by atoms with van der Waals surface area (Å²) in [7, 11) is 0. The largest absolute Gasteiger partial charge is 0.482 e. The van der Waals surface area contributed by atoms with Crippen LogP contribution in [0.2, 0.25) is 0 Å². The van der Waals surface area contributed by atoms with Crippen LogP contribution in [0.1, 0.15) is 29.8 Å². The average molecular weight is 415 g/mol. The Bertz CT molecular complexity index is 894. The van der Waals surface area contributed by atoms with E-state index in [0.717, 1.165) is 19.6 Å². The topological polar surface area (TPSA) is 75.9 Å². The van der Waals surface area contributed by atoms with Gasteiger partial charge in [-0.3, -0.25) is 19.8 Å². The maximum absolute atomic E-state index is 13.0. The predicted octanol–water partition coefficient (Wildman–Crippen LogP) is 3.73. The summed E-state index contributed by atoms with van der Waals surface area (Å²) in [5.41, 5.74) is 0.694. The summed E-state index contributed by atoms with van der Waals surface area (Å²) in [5.74, 6) is 0.0602. The highest BCUT2D eigenvalue weighted by Crippen LogP contribution is 2.29. The molecule has 2 aromatic carbocycles. The quantitative estimate of drug-likeness (QED) is 0.509. The van der Waals surface area contributed by atoms with Gasteiger partial charge in [0.15, 0.2) is 5.75 Å². The second-order valence-corrected chi connectivity index (χ2v) is 7.84. The maximum Gasteiger partial charge on any atom is 0.311 e. The van der Waals surface area contributed by atoms with Gasteiger partial charge in [-0.15, -0.1) is 0 Å². The zero-order chi connectivity index (χ0) is 21.7. The van der Waals surface area contributed by atoms with Crippen molar-refractivity contribution in [1.82, 2.24) is 9.80 Å². The molecule has 1 amide bonds. The van der Waals surface area contributed by atoms with Crippen molar-refractivity contribution < 1.29 is 18.8 Å². The molecular formula is C22H26FN3O4. The minimum atomic E-state index is -0.558. The molecule has 7 nitrogen and oxygen atoms in total. The number of rotatable bonds is 7. The lowest BCUT2D eigenvalue weighted by Crippen LogP contribution is -2.49. The Morgan fingerprint density at radius 2 is 1.80 bits per heavy atom. The summed E-state index contributed by atoms with van der Waals surface area (Å²) in [6.45, 7) is 8.17. The summed E-state index contributed by atoms with van der Waals surface area (Å²) in [4.78, 5) is 27.8. The molecule has 1 heterocycles. The van der Waals surface area contributed by atoms with Crippen LogP contribution < -0.4 is 4.74 Å². The number of nitrogens with zero attached hydrogens (tertiary/aromatic N) is 3. The van der Waals surface area contributed by atoms with Crippen LogP contribution in [0, 0.1) is 21.8 Å². The Morgan fingerprint density at radius 1 is 1.13 bits per heavy atom. The third-order valence-corrected chi connectivity index (χ3v) is 4.99. The van der Waals surface area contributed by atoms with Crippen molar-refractivity contribution >= 4 is 11.6 Å². The number of carbonyl (C=O) groups is 1. The summed E-state index contributed by atoms with van der Waals surface area (Å²) in [5, 5.41) is 11.5. The molecule has 2 aromatic rings. The second kappa shape index (κ2) is 9.67. The third kappa shape index (κ3) is 5.54. The van der Waals surface area contributed by atoms with Crippen LogP contribution in [0.15, 0.2) is 42.5 Å². The molecule has 3 rings (SSSR count). The van der Waals surface area contributed by atoms with Crippen molar-refractivity contribution in [2.45, 2.75) is 20.5 Å². The Hall–Kier alpha value is -3.00. The standard InChI is InChI=1S/C22H26FN3O4/c1-16(2)14-24-9-11-25(12-10-24)22(27)18-5-8-21(20(13-18)26(28)29)30-15-17-3-6-19(23)7-4-17/h3-8,13,16H,9-12,14-15H2,1-2H3. The highest BCUT2D eigenvalue weighted by molar-refractivity contribution is 5.95. The third-order valence-electron chi connectivity index (χ3n) is 4.99. The normalized spacial score (nSPS) is 14.7. The molecular weight excluding hydrogens is 389 g/mol. The lowest BCUT2D eigenvalue weighted by atomic mass is 10.1. The lowest BCUT2D eigenvalue weighted by molar-refractivity contribution is -0.386. The van der Waals surface area contributed by atoms with E-state index in [1.54, 1.807) is 23.1 Å². The number of piperazine rings is 1. The van der Waals surface area contributed by atoms with E-state index in [1.807, 2.05) is 0 Å². The first kappa shape index (κ1) is 21.7. The van der Waals surface area contributed by atoms with Gasteiger partial charge in [0.1, 0.15) is 12.4 Å². The molecule has 0 aromatic heterocycles. The zero-order valence-electron chi connectivity index (χ0n) is 17.2. The number of halogens is 1. The first-order valence-electron chi connectivity index (χ1n) is 10.0. The van der Waals surface area contributed by atoms with Crippen LogP contribution in [-0.4, -0.2) is 53.4 Å². The molecule has 160 valence electrons. The number of nitro groups is 1. The number of hydrogen-bond donors (Lipinski definition) is 0. The fraction of sp³-hybridized carbons (Fsp3) is 0.409. The molecule has 0 radical (unpaired) electrons. The van der Waals surface area contributed by atoms with Gasteiger partial charge < -0.3 is 9.64 Å². The Kier molecular flexibility index (Phi) is 6.99. The summed E-state index contributed by atoms with van der Waals surface area (Å²) in [6.07, 6.45) is 0. The van der Waals surface area contributed by atoms with E-state index in [0.29, 0.717) is 24.6 Å². The highest BCUT2D eigenvalue weighted by Gasteiger charge is 2.25. The van der Waals surface area contributed by atoms with Crippen molar-refractivity contribution in [3.05, 3.63) is 69.5 Å². The van der Waals surface area contributed by atoms with E-state index >= 15 is 0 Å². The molecule has 0 bridgehead atoms. The molecule has 1 aliphatic rings. The summed E-state index contributed by atoms with van der Waals surface area (Å²) in [6, 6.07) is 9.98. The molecule has 8 heteroatoms. The monoisotopic (exact) mass is 415 g/mol. The first-order valence-corrected chi connectivity index (χ1v) is 10.0. The average Bonchev–Trinajstić information content (AvgIpc) is 2.73. The van der Waals surface area contributed by atoms with E-state index in [2.05, 4.69) is 18.7 Å². The van der Waals surface area contributed by atoms with Gasteiger partial charge in [-0.1, -0.05) is 26.0 Å². The van der Waals surface area contributed by atoms with Crippen molar-refractivity contribution in [3.63, 3.8) is 0 Å². The molecule has 0 saturated carbocycles. The molecule has 0 aliphatic carbocycles. The molecule has 1 aliphatic heterocycles. The van der Waals surface area contributed by atoms with Gasteiger partial charge in [-0.2, -0.15) is 0 Å². The van der Waals surface area contributed by atoms with E-state index < -0.39 is 4.92 Å². The molecule has 0 N–H and O–H groups in total. The Balaban J connectivity index is 1.67. The number of carbonyl (C=O) groups excluding carboxylic acids is 1. The summed E-state index contributed by atoms with van der Waals surface area (Å²) < 4.78 is 18.6. The van der Waals surface area contributed by atoms with Gasteiger partial charge in [0.05, 0.1) is 4.92 Å². The van der Waals surface area contributed by atoms with Crippen LogP contribution in [0.4, 0.5) is 10.1 Å². The van der Waals surface area contributed by atoms with E-state index in [4.69, 9.17) is 4.74 Å². The second-order valence-electron chi connectivity index (χ2n) is 7.84. The van der Waals surface area contributed by atoms with Crippen LogP contribution >= 0.6 is 0 Å². The fourth-order valence-electron chi connectivity index (χ4n) is 3.49. The van der Waals surface area contributed by atoms with Gasteiger partial charge in [0.25, 0.3) is 5.91 Å². The molecule has 0 spiro atoms. The summed E-state index contributed by atoms with van der Waals surface area (Å²) >= 11 is 0.